The van der Waals surface area contributed by atoms with E-state index in [0.717, 1.165) is 16.7 Å². The van der Waals surface area contributed by atoms with Gasteiger partial charge in [-0.3, -0.25) is 4.99 Å². The molecule has 0 fully saturated rings. The molecule has 1 rings (SSSR count). The number of aliphatic imine (C=N–C) groups is 1. The highest BCUT2D eigenvalue weighted by molar-refractivity contribution is 14.0. The molecule has 0 amide bonds. The molecule has 0 aliphatic carbocycles. The van der Waals surface area contributed by atoms with E-state index in [1.807, 2.05) is 7.05 Å². The predicted octanol–water partition coefficient (Wildman–Crippen LogP) is 2.35. The van der Waals surface area contributed by atoms with Crippen molar-refractivity contribution in [1.29, 1.82) is 0 Å². The van der Waals surface area contributed by atoms with Crippen molar-refractivity contribution in [3.8, 4) is 0 Å². The van der Waals surface area contributed by atoms with E-state index in [9.17, 15) is 0 Å². The van der Waals surface area contributed by atoms with Gasteiger partial charge in [0.1, 0.15) is 5.01 Å². The van der Waals surface area contributed by atoms with Gasteiger partial charge in [-0.15, -0.1) is 35.3 Å². The third-order valence-corrected chi connectivity index (χ3v) is 3.04. The average molecular weight is 368 g/mol. The van der Waals surface area contributed by atoms with Crippen LogP contribution >= 0.6 is 35.3 Å². The highest BCUT2D eigenvalue weighted by atomic mass is 127. The summed E-state index contributed by atoms with van der Waals surface area (Å²) in [7, 11) is 3.60. The number of nitrogens with one attached hydrogen (secondary N) is 2. The van der Waals surface area contributed by atoms with E-state index in [1.165, 1.54) is 0 Å². The fraction of sp³-hybridized carbons (Fsp3) is 0.636. The number of guanidine groups is 1. The van der Waals surface area contributed by atoms with E-state index in [1.54, 1.807) is 18.4 Å². The summed E-state index contributed by atoms with van der Waals surface area (Å²) in [6.07, 6.45) is 0. The van der Waals surface area contributed by atoms with Crippen LogP contribution in [0.4, 0.5) is 0 Å². The van der Waals surface area contributed by atoms with Crippen LogP contribution in [0.3, 0.4) is 0 Å². The lowest BCUT2D eigenvalue weighted by Crippen LogP contribution is -2.34. The van der Waals surface area contributed by atoms with Crippen molar-refractivity contribution in [2.24, 2.45) is 4.99 Å². The lowest BCUT2D eigenvalue weighted by molar-refractivity contribution is 0.570. The second-order valence-electron chi connectivity index (χ2n) is 4.55. The van der Waals surface area contributed by atoms with Gasteiger partial charge >= 0.3 is 0 Å². The number of hydrogen-bond donors (Lipinski definition) is 2. The van der Waals surface area contributed by atoms with Crippen molar-refractivity contribution >= 4 is 41.3 Å². The van der Waals surface area contributed by atoms with Crippen LogP contribution in [0.1, 0.15) is 31.5 Å². The molecule has 0 spiro atoms. The summed E-state index contributed by atoms with van der Waals surface area (Å²) in [6, 6.07) is 0. The molecular weight excluding hydrogens is 347 g/mol. The zero-order valence-corrected chi connectivity index (χ0v) is 14.1. The molecule has 4 nitrogen and oxygen atoms in total. The van der Waals surface area contributed by atoms with Gasteiger partial charge in [0.25, 0.3) is 0 Å². The molecule has 17 heavy (non-hydrogen) atoms. The van der Waals surface area contributed by atoms with Crippen LogP contribution in [0.5, 0.6) is 0 Å². The van der Waals surface area contributed by atoms with E-state index < -0.39 is 0 Å². The van der Waals surface area contributed by atoms with Crippen LogP contribution < -0.4 is 10.6 Å². The minimum Gasteiger partial charge on any atom is -0.359 e. The molecule has 0 bridgehead atoms. The predicted molar refractivity (Wildman–Crippen MR) is 85.5 cm³/mol. The third kappa shape index (κ3) is 5.20. The molecule has 0 aliphatic heterocycles. The molecule has 0 unspecified atom stereocenters. The molecule has 0 saturated carbocycles. The van der Waals surface area contributed by atoms with E-state index in [2.05, 4.69) is 46.8 Å². The summed E-state index contributed by atoms with van der Waals surface area (Å²) in [5, 5.41) is 9.37. The standard InChI is InChI=1S/C11H20N4S.HI/c1-11(2,3)8-7-16-9(15-8)6-14-10(12-4)13-5;/h7H,6H2,1-5H3,(H2,12,13,14);1H. The number of nitrogens with zero attached hydrogens (tertiary/aromatic N) is 2. The smallest absolute Gasteiger partial charge is 0.191 e. The second kappa shape index (κ2) is 7.15. The molecule has 0 atom stereocenters. The summed E-state index contributed by atoms with van der Waals surface area (Å²) >= 11 is 1.68. The largest absolute Gasteiger partial charge is 0.359 e. The van der Waals surface area contributed by atoms with Crippen molar-refractivity contribution in [3.63, 3.8) is 0 Å². The molecule has 98 valence electrons. The highest BCUT2D eigenvalue weighted by Crippen LogP contribution is 2.23. The van der Waals surface area contributed by atoms with Crippen LogP contribution in [-0.4, -0.2) is 25.0 Å². The van der Waals surface area contributed by atoms with Crippen molar-refractivity contribution in [2.45, 2.75) is 32.7 Å². The molecule has 1 aromatic rings. The number of aromatic nitrogens is 1. The van der Waals surface area contributed by atoms with Crippen molar-refractivity contribution in [2.75, 3.05) is 14.1 Å². The Morgan fingerprint density at radius 3 is 2.53 bits per heavy atom. The van der Waals surface area contributed by atoms with Gasteiger partial charge in [0.2, 0.25) is 0 Å². The second-order valence-corrected chi connectivity index (χ2v) is 5.49. The molecule has 2 N–H and O–H groups in total. The Labute approximate surface area is 124 Å². The first-order chi connectivity index (χ1) is 7.47. The minimum atomic E-state index is 0. The van der Waals surface area contributed by atoms with Gasteiger partial charge in [-0.05, 0) is 0 Å². The average Bonchev–Trinajstić information content (AvgIpc) is 2.67. The molecule has 0 radical (unpaired) electrons. The summed E-state index contributed by atoms with van der Waals surface area (Å²) in [5.41, 5.74) is 1.27. The van der Waals surface area contributed by atoms with Crippen molar-refractivity contribution < 1.29 is 0 Å². The fourth-order valence-electron chi connectivity index (χ4n) is 1.18. The lowest BCUT2D eigenvalue weighted by Gasteiger charge is -2.14. The Hall–Kier alpha value is -0.370. The van der Waals surface area contributed by atoms with Gasteiger partial charge in [-0.2, -0.15) is 0 Å². The van der Waals surface area contributed by atoms with Gasteiger partial charge in [-0.1, -0.05) is 20.8 Å². The number of rotatable bonds is 2. The molecule has 0 aromatic carbocycles. The Bertz CT molecular complexity index is 368. The van der Waals surface area contributed by atoms with Crippen LogP contribution in [0.15, 0.2) is 10.4 Å². The molecule has 0 saturated heterocycles. The van der Waals surface area contributed by atoms with Crippen LogP contribution in [0.25, 0.3) is 0 Å². The van der Waals surface area contributed by atoms with Crippen molar-refractivity contribution in [3.05, 3.63) is 16.1 Å². The van der Waals surface area contributed by atoms with Gasteiger partial charge in [0.05, 0.1) is 12.2 Å². The lowest BCUT2D eigenvalue weighted by atomic mass is 9.93. The topological polar surface area (TPSA) is 49.3 Å². The van der Waals surface area contributed by atoms with E-state index in [0.29, 0.717) is 6.54 Å². The van der Waals surface area contributed by atoms with Gasteiger partial charge in [0.15, 0.2) is 5.96 Å². The van der Waals surface area contributed by atoms with E-state index in [-0.39, 0.29) is 29.4 Å². The van der Waals surface area contributed by atoms with Crippen LogP contribution in [-0.2, 0) is 12.0 Å². The molecular formula is C11H21IN4S. The zero-order chi connectivity index (χ0) is 12.2. The first-order valence-electron chi connectivity index (χ1n) is 5.30. The normalized spacial score (nSPS) is 11.9. The maximum atomic E-state index is 4.60. The maximum absolute atomic E-state index is 4.60. The van der Waals surface area contributed by atoms with Gasteiger partial charge in [-0.25, -0.2) is 4.98 Å². The molecule has 1 heterocycles. The van der Waals surface area contributed by atoms with Gasteiger partial charge in [0, 0.05) is 24.9 Å². The first kappa shape index (κ1) is 16.6. The summed E-state index contributed by atoms with van der Waals surface area (Å²) in [6.45, 7) is 7.23. The van der Waals surface area contributed by atoms with Gasteiger partial charge < -0.3 is 10.6 Å². The van der Waals surface area contributed by atoms with Crippen molar-refractivity contribution in [1.82, 2.24) is 15.6 Å². The third-order valence-electron chi connectivity index (χ3n) is 2.19. The first-order valence-corrected chi connectivity index (χ1v) is 6.18. The van der Waals surface area contributed by atoms with Crippen LogP contribution in [0.2, 0.25) is 0 Å². The number of halogens is 1. The summed E-state index contributed by atoms with van der Waals surface area (Å²) in [4.78, 5) is 8.64. The number of hydrogen-bond acceptors (Lipinski definition) is 3. The highest BCUT2D eigenvalue weighted by Gasteiger charge is 2.17. The quantitative estimate of drug-likeness (QED) is 0.479. The zero-order valence-electron chi connectivity index (χ0n) is 11.0. The number of thiazole rings is 1. The Morgan fingerprint density at radius 2 is 2.12 bits per heavy atom. The maximum Gasteiger partial charge on any atom is 0.191 e. The molecule has 6 heteroatoms. The van der Waals surface area contributed by atoms with E-state index >= 15 is 0 Å². The molecule has 1 aromatic heterocycles. The minimum absolute atomic E-state index is 0. The Morgan fingerprint density at radius 1 is 1.47 bits per heavy atom. The van der Waals surface area contributed by atoms with E-state index in [4.69, 9.17) is 0 Å². The monoisotopic (exact) mass is 368 g/mol. The van der Waals surface area contributed by atoms with Crippen LogP contribution in [0, 0.1) is 0 Å². The summed E-state index contributed by atoms with van der Waals surface area (Å²) in [5.74, 6) is 0.785. The summed E-state index contributed by atoms with van der Waals surface area (Å²) < 4.78 is 0. The fourth-order valence-corrected chi connectivity index (χ4v) is 2.14. The SMILES string of the molecule is CN=C(NC)NCc1nc(C(C)(C)C)cs1.I. The Kier molecular flexibility index (Phi) is 6.99. The molecule has 0 aliphatic rings. The Balaban J connectivity index is 0.00000256.